The maximum atomic E-state index is 4.65. The highest BCUT2D eigenvalue weighted by Crippen LogP contribution is 2.28. The van der Waals surface area contributed by atoms with Crippen LogP contribution in [0.4, 0.5) is 5.13 Å². The second-order valence-corrected chi connectivity index (χ2v) is 8.32. The van der Waals surface area contributed by atoms with Crippen LogP contribution in [0.1, 0.15) is 65.1 Å². The van der Waals surface area contributed by atoms with E-state index in [0.29, 0.717) is 6.04 Å². The number of piperidine rings is 1. The third kappa shape index (κ3) is 3.75. The van der Waals surface area contributed by atoms with Crippen molar-refractivity contribution < 1.29 is 0 Å². The molecule has 118 valence electrons. The van der Waals surface area contributed by atoms with Gasteiger partial charge in [-0.2, -0.15) is 4.37 Å². The number of aromatic nitrogens is 2. The molecule has 1 aliphatic carbocycles. The largest absolute Gasteiger partial charge is 0.357 e. The van der Waals surface area contributed by atoms with Crippen LogP contribution in [0.2, 0.25) is 0 Å². The van der Waals surface area contributed by atoms with Gasteiger partial charge < -0.3 is 10.2 Å². The molecule has 5 heteroatoms. The average molecular weight is 308 g/mol. The van der Waals surface area contributed by atoms with E-state index in [9.17, 15) is 0 Å². The minimum Gasteiger partial charge on any atom is -0.357 e. The molecule has 0 spiro atoms. The summed E-state index contributed by atoms with van der Waals surface area (Å²) in [6.45, 7) is 8.98. The molecule has 2 heterocycles. The molecule has 0 atom stereocenters. The molecule has 2 fully saturated rings. The van der Waals surface area contributed by atoms with Crippen LogP contribution in [0.25, 0.3) is 0 Å². The van der Waals surface area contributed by atoms with E-state index in [1.165, 1.54) is 63.1 Å². The summed E-state index contributed by atoms with van der Waals surface area (Å²) >= 11 is 1.51. The Labute approximate surface area is 132 Å². The highest BCUT2D eigenvalue weighted by atomic mass is 32.1. The van der Waals surface area contributed by atoms with Gasteiger partial charge in [-0.05, 0) is 25.7 Å². The second kappa shape index (κ2) is 6.21. The first-order valence-corrected chi connectivity index (χ1v) is 9.14. The molecule has 0 aromatic carbocycles. The Balaban J connectivity index is 1.50. The lowest BCUT2D eigenvalue weighted by Crippen LogP contribution is -2.43. The zero-order valence-electron chi connectivity index (χ0n) is 13.6. The lowest BCUT2D eigenvalue weighted by Gasteiger charge is -2.36. The monoisotopic (exact) mass is 308 g/mol. The average Bonchev–Trinajstić information content (AvgIpc) is 3.09. The topological polar surface area (TPSA) is 41.1 Å². The number of likely N-dealkylation sites (tertiary alicyclic amines) is 1. The van der Waals surface area contributed by atoms with Gasteiger partial charge in [0.15, 0.2) is 0 Å². The lowest BCUT2D eigenvalue weighted by molar-refractivity contribution is 0.159. The van der Waals surface area contributed by atoms with Crippen molar-refractivity contribution in [3.05, 3.63) is 5.82 Å². The van der Waals surface area contributed by atoms with Crippen molar-refractivity contribution in [1.29, 1.82) is 0 Å². The maximum Gasteiger partial charge on any atom is 0.202 e. The van der Waals surface area contributed by atoms with Gasteiger partial charge in [0.2, 0.25) is 5.13 Å². The van der Waals surface area contributed by atoms with Crippen LogP contribution < -0.4 is 5.32 Å². The molecule has 0 bridgehead atoms. The summed E-state index contributed by atoms with van der Waals surface area (Å²) in [5.74, 6) is 0.957. The van der Waals surface area contributed by atoms with Crippen molar-refractivity contribution in [2.45, 2.75) is 76.8 Å². The fourth-order valence-electron chi connectivity index (χ4n) is 3.44. The van der Waals surface area contributed by atoms with Gasteiger partial charge in [-0.15, -0.1) is 0 Å². The number of hydrogen-bond acceptors (Lipinski definition) is 5. The van der Waals surface area contributed by atoms with Gasteiger partial charge >= 0.3 is 0 Å². The molecule has 1 saturated heterocycles. The fourth-order valence-corrected chi connectivity index (χ4v) is 4.27. The van der Waals surface area contributed by atoms with Crippen molar-refractivity contribution in [3.8, 4) is 0 Å². The summed E-state index contributed by atoms with van der Waals surface area (Å²) in [5, 5.41) is 4.60. The Bertz CT molecular complexity index is 451. The fraction of sp³-hybridized carbons (Fsp3) is 0.875. The highest BCUT2D eigenvalue weighted by Gasteiger charge is 2.27. The van der Waals surface area contributed by atoms with E-state index in [4.69, 9.17) is 0 Å². The minimum atomic E-state index is 0.0439. The van der Waals surface area contributed by atoms with E-state index >= 15 is 0 Å². The van der Waals surface area contributed by atoms with Gasteiger partial charge in [-0.3, -0.25) is 0 Å². The zero-order chi connectivity index (χ0) is 14.9. The molecule has 1 aliphatic heterocycles. The number of nitrogens with one attached hydrogen (secondary N) is 1. The maximum absolute atomic E-state index is 4.65. The van der Waals surface area contributed by atoms with Crippen LogP contribution in [0.5, 0.6) is 0 Å². The van der Waals surface area contributed by atoms with Crippen molar-refractivity contribution in [2.75, 3.05) is 18.4 Å². The zero-order valence-corrected chi connectivity index (χ0v) is 14.4. The number of rotatable bonds is 3. The molecule has 2 aliphatic rings. The smallest absolute Gasteiger partial charge is 0.202 e. The molecule has 4 nitrogen and oxygen atoms in total. The molecule has 1 N–H and O–H groups in total. The molecular weight excluding hydrogens is 280 g/mol. The number of anilines is 1. The summed E-state index contributed by atoms with van der Waals surface area (Å²) in [5.41, 5.74) is 0.0439. The normalized spacial score (nSPS) is 22.8. The molecule has 0 unspecified atom stereocenters. The Hall–Kier alpha value is -0.680. The summed E-state index contributed by atoms with van der Waals surface area (Å²) in [6, 6.07) is 1.45. The standard InChI is InChI=1S/C16H28N4S/c1-16(2,3)14-18-15(21-19-14)17-12-8-10-20(11-9-12)13-6-4-5-7-13/h12-13H,4-11H2,1-3H3,(H,17,18,19). The SMILES string of the molecule is CC(C)(C)c1nsc(NC2CCN(C3CCCC3)CC2)n1. The van der Waals surface area contributed by atoms with Crippen molar-refractivity contribution >= 4 is 16.7 Å². The van der Waals surface area contributed by atoms with E-state index in [1.807, 2.05) is 0 Å². The van der Waals surface area contributed by atoms with Crippen LogP contribution >= 0.6 is 11.5 Å². The molecule has 1 saturated carbocycles. The minimum absolute atomic E-state index is 0.0439. The molecule has 1 aromatic rings. The molecule has 0 radical (unpaired) electrons. The second-order valence-electron chi connectivity index (χ2n) is 7.57. The Kier molecular flexibility index (Phi) is 4.50. The van der Waals surface area contributed by atoms with Gasteiger partial charge in [0.25, 0.3) is 0 Å². The van der Waals surface area contributed by atoms with Gasteiger partial charge in [0.05, 0.1) is 0 Å². The summed E-state index contributed by atoms with van der Waals surface area (Å²) in [6.07, 6.45) is 8.18. The van der Waals surface area contributed by atoms with Gasteiger partial charge in [0.1, 0.15) is 5.82 Å². The Morgan fingerprint density at radius 1 is 1.10 bits per heavy atom. The summed E-state index contributed by atoms with van der Waals surface area (Å²) < 4.78 is 4.49. The van der Waals surface area contributed by atoms with Gasteiger partial charge in [-0.25, -0.2) is 4.98 Å². The predicted molar refractivity (Wildman–Crippen MR) is 89.1 cm³/mol. The molecule has 3 rings (SSSR count). The van der Waals surface area contributed by atoms with E-state index in [2.05, 4.69) is 40.3 Å². The van der Waals surface area contributed by atoms with Gasteiger partial charge in [-0.1, -0.05) is 33.6 Å². The van der Waals surface area contributed by atoms with E-state index in [1.54, 1.807) is 0 Å². The lowest BCUT2D eigenvalue weighted by atomic mass is 9.96. The first-order valence-electron chi connectivity index (χ1n) is 8.37. The van der Waals surface area contributed by atoms with Crippen molar-refractivity contribution in [2.24, 2.45) is 0 Å². The van der Waals surface area contributed by atoms with Crippen LogP contribution in [-0.4, -0.2) is 39.4 Å². The van der Waals surface area contributed by atoms with E-state index in [0.717, 1.165) is 17.0 Å². The van der Waals surface area contributed by atoms with Crippen LogP contribution in [0, 0.1) is 0 Å². The van der Waals surface area contributed by atoms with E-state index in [-0.39, 0.29) is 5.41 Å². The molecule has 21 heavy (non-hydrogen) atoms. The number of hydrogen-bond donors (Lipinski definition) is 1. The van der Waals surface area contributed by atoms with Crippen LogP contribution in [0.3, 0.4) is 0 Å². The molecular formula is C16H28N4S. The predicted octanol–water partition coefficient (Wildman–Crippen LogP) is 3.65. The van der Waals surface area contributed by atoms with Crippen LogP contribution in [0.15, 0.2) is 0 Å². The van der Waals surface area contributed by atoms with Crippen LogP contribution in [-0.2, 0) is 5.41 Å². The first-order chi connectivity index (χ1) is 10.0. The third-order valence-electron chi connectivity index (χ3n) is 4.80. The molecule has 0 amide bonds. The van der Waals surface area contributed by atoms with Crippen molar-refractivity contribution in [3.63, 3.8) is 0 Å². The Morgan fingerprint density at radius 2 is 1.76 bits per heavy atom. The Morgan fingerprint density at radius 3 is 2.33 bits per heavy atom. The summed E-state index contributed by atoms with van der Waals surface area (Å²) in [4.78, 5) is 7.37. The van der Waals surface area contributed by atoms with Gasteiger partial charge in [0, 0.05) is 42.1 Å². The van der Waals surface area contributed by atoms with E-state index < -0.39 is 0 Å². The summed E-state index contributed by atoms with van der Waals surface area (Å²) in [7, 11) is 0. The first kappa shape index (κ1) is 15.2. The highest BCUT2D eigenvalue weighted by molar-refractivity contribution is 7.09. The third-order valence-corrected chi connectivity index (χ3v) is 5.44. The van der Waals surface area contributed by atoms with Crippen molar-refractivity contribution in [1.82, 2.24) is 14.3 Å². The number of nitrogens with zero attached hydrogens (tertiary/aromatic N) is 3. The quantitative estimate of drug-likeness (QED) is 0.925. The molecule has 1 aromatic heterocycles.